The Labute approximate surface area is 77.8 Å². The molecule has 0 fully saturated rings. The van der Waals surface area contributed by atoms with Crippen LogP contribution in [-0.2, 0) is 0 Å². The Morgan fingerprint density at radius 2 is 0.700 bits per heavy atom. The number of halogens is 1. The molecule has 0 aliphatic carbocycles. The molecule has 0 spiro atoms. The summed E-state index contributed by atoms with van der Waals surface area (Å²) in [6, 6.07) is 12.0. The number of alkyl halides is 1. The van der Waals surface area contributed by atoms with Crippen LogP contribution in [0.4, 0.5) is 0 Å². The van der Waals surface area contributed by atoms with Crippen LogP contribution >= 0.6 is 22.6 Å². The van der Waals surface area contributed by atoms with Gasteiger partial charge in [0.15, 0.2) is 0 Å². The number of hydrogen-bond acceptors (Lipinski definition) is 0. The normalized spacial score (nSPS) is 6.00. The van der Waals surface area contributed by atoms with Crippen LogP contribution in [0.15, 0.2) is 36.4 Å². The van der Waals surface area contributed by atoms with Crippen molar-refractivity contribution in [3.8, 4) is 0 Å². The SMILES string of the molecule is CC.CI.c1ccccc1. The van der Waals surface area contributed by atoms with Crippen LogP contribution in [0.2, 0.25) is 0 Å². The highest BCUT2D eigenvalue weighted by Crippen LogP contribution is 1.79. The smallest absolute Gasteiger partial charge is 0.0121 e. The standard InChI is InChI=1S/C6H6.C2H6.CH3I/c1-2-4-6-5-3-1;2*1-2/h1-6H;1-2H3;1H3. The van der Waals surface area contributed by atoms with Gasteiger partial charge in [0.1, 0.15) is 0 Å². The fourth-order valence-corrected chi connectivity index (χ4v) is 0.385. The van der Waals surface area contributed by atoms with Crippen LogP contribution in [0, 0.1) is 0 Å². The van der Waals surface area contributed by atoms with Gasteiger partial charge in [-0.05, 0) is 4.93 Å². The zero-order chi connectivity index (χ0) is 8.24. The minimum atomic E-state index is 1.97. The molecule has 0 N–H and O–H groups in total. The van der Waals surface area contributed by atoms with Gasteiger partial charge in [-0.2, -0.15) is 0 Å². The molecular formula is C9H15I. The first-order valence-electron chi connectivity index (χ1n) is 3.38. The van der Waals surface area contributed by atoms with E-state index in [-0.39, 0.29) is 0 Å². The zero-order valence-corrected chi connectivity index (χ0v) is 9.00. The summed E-state index contributed by atoms with van der Waals surface area (Å²) in [6.45, 7) is 4.00. The molecule has 0 atom stereocenters. The van der Waals surface area contributed by atoms with Crippen molar-refractivity contribution < 1.29 is 0 Å². The lowest BCUT2D eigenvalue weighted by molar-refractivity contribution is 1.50. The average Bonchev–Trinajstić information content (AvgIpc) is 2.14. The van der Waals surface area contributed by atoms with Crippen molar-refractivity contribution in [3.63, 3.8) is 0 Å². The van der Waals surface area contributed by atoms with Crippen LogP contribution in [0.25, 0.3) is 0 Å². The van der Waals surface area contributed by atoms with Crippen molar-refractivity contribution in [1.82, 2.24) is 0 Å². The van der Waals surface area contributed by atoms with Gasteiger partial charge in [-0.15, -0.1) is 0 Å². The van der Waals surface area contributed by atoms with Gasteiger partial charge in [0.2, 0.25) is 0 Å². The lowest BCUT2D eigenvalue weighted by atomic mass is 10.4. The molecule has 1 heteroatoms. The molecule has 0 aliphatic heterocycles. The van der Waals surface area contributed by atoms with Crippen LogP contribution in [-0.4, -0.2) is 4.93 Å². The molecule has 0 aromatic heterocycles. The van der Waals surface area contributed by atoms with Gasteiger partial charge in [-0.1, -0.05) is 72.8 Å². The minimum absolute atomic E-state index is 1.97. The molecule has 0 saturated carbocycles. The second-order valence-corrected chi connectivity index (χ2v) is 1.15. The number of hydrogen-bond donors (Lipinski definition) is 0. The Kier molecular flexibility index (Phi) is 20.1. The summed E-state index contributed by atoms with van der Waals surface area (Å²) in [5.41, 5.74) is 0. The lowest BCUT2D eigenvalue weighted by Gasteiger charge is -1.69. The summed E-state index contributed by atoms with van der Waals surface area (Å²) >= 11 is 2.15. The van der Waals surface area contributed by atoms with E-state index in [4.69, 9.17) is 0 Å². The molecule has 1 aromatic carbocycles. The highest BCUT2D eigenvalue weighted by atomic mass is 127. The minimum Gasteiger partial charge on any atom is -0.0901 e. The van der Waals surface area contributed by atoms with Crippen LogP contribution < -0.4 is 0 Å². The Bertz CT molecular complexity index is 76.7. The summed E-state index contributed by atoms with van der Waals surface area (Å²) < 4.78 is 0. The van der Waals surface area contributed by atoms with Crippen molar-refractivity contribution in [2.75, 3.05) is 4.93 Å². The van der Waals surface area contributed by atoms with E-state index in [2.05, 4.69) is 22.6 Å². The van der Waals surface area contributed by atoms with E-state index in [1.54, 1.807) is 0 Å². The van der Waals surface area contributed by atoms with Gasteiger partial charge >= 0.3 is 0 Å². The third kappa shape index (κ3) is 10.8. The van der Waals surface area contributed by atoms with E-state index in [9.17, 15) is 0 Å². The molecule has 0 heterocycles. The molecular weight excluding hydrogens is 235 g/mol. The molecule has 1 aromatic rings. The first-order chi connectivity index (χ1) is 5.00. The largest absolute Gasteiger partial charge is 0.0901 e. The van der Waals surface area contributed by atoms with E-state index >= 15 is 0 Å². The molecule has 0 amide bonds. The zero-order valence-electron chi connectivity index (χ0n) is 6.84. The monoisotopic (exact) mass is 250 g/mol. The van der Waals surface area contributed by atoms with Crippen molar-refractivity contribution in [2.45, 2.75) is 13.8 Å². The molecule has 1 rings (SSSR count). The summed E-state index contributed by atoms with van der Waals surface area (Å²) in [7, 11) is 0. The average molecular weight is 250 g/mol. The molecule has 58 valence electrons. The summed E-state index contributed by atoms with van der Waals surface area (Å²) in [6.07, 6.45) is 0. The van der Waals surface area contributed by atoms with Crippen LogP contribution in [0.1, 0.15) is 13.8 Å². The van der Waals surface area contributed by atoms with Crippen LogP contribution in [0.3, 0.4) is 0 Å². The van der Waals surface area contributed by atoms with Gasteiger partial charge in [0, 0.05) is 0 Å². The molecule has 0 aliphatic rings. The van der Waals surface area contributed by atoms with Gasteiger partial charge in [-0.25, -0.2) is 0 Å². The molecule has 0 radical (unpaired) electrons. The molecule has 0 nitrogen and oxygen atoms in total. The van der Waals surface area contributed by atoms with Crippen molar-refractivity contribution >= 4 is 22.6 Å². The maximum Gasteiger partial charge on any atom is -0.0121 e. The Morgan fingerprint density at radius 3 is 0.800 bits per heavy atom. The predicted octanol–water partition coefficient (Wildman–Crippen LogP) is 3.76. The fourth-order valence-electron chi connectivity index (χ4n) is 0.385. The van der Waals surface area contributed by atoms with Crippen molar-refractivity contribution in [2.24, 2.45) is 0 Å². The maximum absolute atomic E-state index is 2.15. The highest BCUT2D eigenvalue weighted by molar-refractivity contribution is 14.1. The maximum atomic E-state index is 2.15. The Hall–Kier alpha value is -0.0500. The highest BCUT2D eigenvalue weighted by Gasteiger charge is 1.57. The van der Waals surface area contributed by atoms with Crippen LogP contribution in [0.5, 0.6) is 0 Å². The van der Waals surface area contributed by atoms with Crippen molar-refractivity contribution in [1.29, 1.82) is 0 Å². The molecule has 0 bridgehead atoms. The second-order valence-electron chi connectivity index (χ2n) is 1.15. The number of benzene rings is 1. The van der Waals surface area contributed by atoms with Gasteiger partial charge in [0.25, 0.3) is 0 Å². The first-order valence-corrected chi connectivity index (χ1v) is 5.54. The van der Waals surface area contributed by atoms with E-state index in [0.29, 0.717) is 0 Å². The van der Waals surface area contributed by atoms with E-state index in [0.717, 1.165) is 0 Å². The Morgan fingerprint density at radius 1 is 0.600 bits per heavy atom. The predicted molar refractivity (Wildman–Crippen MR) is 57.7 cm³/mol. The first kappa shape index (κ1) is 12.6. The summed E-state index contributed by atoms with van der Waals surface area (Å²) in [4.78, 5) is 1.97. The fraction of sp³-hybridized carbons (Fsp3) is 0.333. The quantitative estimate of drug-likeness (QED) is 0.485. The molecule has 0 saturated heterocycles. The van der Waals surface area contributed by atoms with E-state index < -0.39 is 0 Å². The van der Waals surface area contributed by atoms with Gasteiger partial charge < -0.3 is 0 Å². The Balaban J connectivity index is 0. The molecule has 0 unspecified atom stereocenters. The van der Waals surface area contributed by atoms with Gasteiger partial charge in [0.05, 0.1) is 0 Å². The third-order valence-electron chi connectivity index (χ3n) is 0.667. The third-order valence-corrected chi connectivity index (χ3v) is 0.667. The van der Waals surface area contributed by atoms with Gasteiger partial charge in [-0.3, -0.25) is 0 Å². The molecule has 10 heavy (non-hydrogen) atoms. The van der Waals surface area contributed by atoms with E-state index in [1.165, 1.54) is 0 Å². The van der Waals surface area contributed by atoms with Crippen molar-refractivity contribution in [3.05, 3.63) is 36.4 Å². The number of rotatable bonds is 0. The second kappa shape index (κ2) is 16.0. The topological polar surface area (TPSA) is 0 Å². The summed E-state index contributed by atoms with van der Waals surface area (Å²) in [5.74, 6) is 0. The summed E-state index contributed by atoms with van der Waals surface area (Å²) in [5, 5.41) is 0. The van der Waals surface area contributed by atoms with E-state index in [1.807, 2.05) is 55.2 Å². The lowest BCUT2D eigenvalue weighted by Crippen LogP contribution is -1.47.